The molecule has 2 aromatic carbocycles. The fourth-order valence-electron chi connectivity index (χ4n) is 5.04. The van der Waals surface area contributed by atoms with E-state index in [-0.39, 0.29) is 5.82 Å². The highest BCUT2D eigenvalue weighted by Gasteiger charge is 2.18. The van der Waals surface area contributed by atoms with Crippen LogP contribution in [0.4, 0.5) is 17.5 Å². The average Bonchev–Trinajstić information content (AvgIpc) is 3.53. The van der Waals surface area contributed by atoms with E-state index in [1.165, 1.54) is 23.8 Å². The molecule has 43 heavy (non-hydrogen) atoms. The van der Waals surface area contributed by atoms with Gasteiger partial charge < -0.3 is 32.1 Å². The molecular formula is C31H31N11S. The van der Waals surface area contributed by atoms with E-state index in [2.05, 4.69) is 62.4 Å². The summed E-state index contributed by atoms with van der Waals surface area (Å²) >= 11 is 5.10. The van der Waals surface area contributed by atoms with Gasteiger partial charge in [0.15, 0.2) is 0 Å². The van der Waals surface area contributed by atoms with Gasteiger partial charge in [-0.05, 0) is 30.4 Å². The molecule has 4 aromatic heterocycles. The number of hydrogen-bond donors (Lipinski definition) is 4. The zero-order chi connectivity index (χ0) is 30.3. The van der Waals surface area contributed by atoms with Gasteiger partial charge in [-0.25, -0.2) is 19.9 Å². The van der Waals surface area contributed by atoms with E-state index >= 15 is 0 Å². The Morgan fingerprint density at radius 1 is 0.767 bits per heavy atom. The number of thiocarbonyl (C=S) groups is 1. The molecule has 216 valence electrons. The third-order valence-electron chi connectivity index (χ3n) is 7.14. The lowest BCUT2D eigenvalue weighted by Crippen LogP contribution is -2.09. The van der Waals surface area contributed by atoms with Crippen LogP contribution in [0, 0.1) is 11.3 Å². The summed E-state index contributed by atoms with van der Waals surface area (Å²) in [5.74, 6) is 1.08. The number of rotatable bonds is 8. The van der Waals surface area contributed by atoms with Crippen molar-refractivity contribution in [3.63, 3.8) is 0 Å². The number of nitrogens with two attached hydrogens (primary N) is 4. The SMILES string of the molecule is N#Cc1c(N)n(CCc2ccccc2)c2ncnc(N)c12.NC(=S)c1cn(CCCc2ccccc2)c2ncnc(N)c12. The minimum atomic E-state index is 0.279. The Hall–Kier alpha value is -5.54. The van der Waals surface area contributed by atoms with Gasteiger partial charge >= 0.3 is 0 Å². The Morgan fingerprint density at radius 2 is 1.35 bits per heavy atom. The average molecular weight is 590 g/mol. The van der Waals surface area contributed by atoms with Crippen molar-refractivity contribution >= 4 is 56.7 Å². The summed E-state index contributed by atoms with van der Waals surface area (Å²) in [6.07, 6.45) is 7.57. The van der Waals surface area contributed by atoms with E-state index in [1.54, 1.807) is 0 Å². The molecule has 0 aliphatic carbocycles. The summed E-state index contributed by atoms with van der Waals surface area (Å²) < 4.78 is 3.86. The van der Waals surface area contributed by atoms with Crippen LogP contribution in [0.15, 0.2) is 79.5 Å². The summed E-state index contributed by atoms with van der Waals surface area (Å²) in [7, 11) is 0. The van der Waals surface area contributed by atoms with E-state index < -0.39 is 0 Å². The van der Waals surface area contributed by atoms with Crippen LogP contribution in [-0.2, 0) is 25.9 Å². The Morgan fingerprint density at radius 3 is 1.95 bits per heavy atom. The number of aryl methyl sites for hydroxylation is 4. The van der Waals surface area contributed by atoms with Crippen molar-refractivity contribution in [2.75, 3.05) is 17.2 Å². The zero-order valence-electron chi connectivity index (χ0n) is 23.4. The predicted molar refractivity (Wildman–Crippen MR) is 174 cm³/mol. The minimum absolute atomic E-state index is 0.279. The van der Waals surface area contributed by atoms with Crippen molar-refractivity contribution in [1.29, 1.82) is 5.26 Å². The van der Waals surface area contributed by atoms with E-state index in [0.717, 1.165) is 42.4 Å². The quantitative estimate of drug-likeness (QED) is 0.189. The van der Waals surface area contributed by atoms with Crippen LogP contribution in [0.2, 0.25) is 0 Å². The van der Waals surface area contributed by atoms with Gasteiger partial charge in [0.2, 0.25) is 0 Å². The number of nitriles is 1. The molecule has 0 fully saturated rings. The molecule has 11 nitrogen and oxygen atoms in total. The van der Waals surface area contributed by atoms with E-state index in [4.69, 9.17) is 35.2 Å². The molecule has 6 aromatic rings. The Bertz CT molecular complexity index is 1920. The monoisotopic (exact) mass is 589 g/mol. The van der Waals surface area contributed by atoms with Crippen LogP contribution in [0.5, 0.6) is 0 Å². The van der Waals surface area contributed by atoms with Gasteiger partial charge in [0.05, 0.1) is 10.8 Å². The number of hydrogen-bond acceptors (Lipinski definition) is 9. The molecule has 12 heteroatoms. The number of anilines is 3. The van der Waals surface area contributed by atoms with Gasteiger partial charge in [0.1, 0.15) is 58.0 Å². The van der Waals surface area contributed by atoms with Crippen molar-refractivity contribution in [3.8, 4) is 6.07 Å². The van der Waals surface area contributed by atoms with Crippen LogP contribution in [0.3, 0.4) is 0 Å². The van der Waals surface area contributed by atoms with Crippen molar-refractivity contribution in [1.82, 2.24) is 29.1 Å². The van der Waals surface area contributed by atoms with E-state index in [0.29, 0.717) is 39.8 Å². The summed E-state index contributed by atoms with van der Waals surface area (Å²) in [6, 6.07) is 22.6. The van der Waals surface area contributed by atoms with Gasteiger partial charge in [-0.2, -0.15) is 5.26 Å². The standard InChI is InChI=1S/C16H17N5S.C15H14N6/c17-14-13-12(15(18)22)9-21(16(13)20-10-19-14)8-4-7-11-5-2-1-3-6-11;16-8-11-12-13(17)19-9-20-15(12)21(14(11)18)7-6-10-4-2-1-3-5-10/h1-3,5-6,9-10H,4,7-8H2,(H2,18,22)(H2,17,19,20);1-5,9H,6-7,18H2,(H2,17,19,20). The highest BCUT2D eigenvalue weighted by atomic mass is 32.1. The molecule has 0 unspecified atom stereocenters. The molecule has 0 saturated heterocycles. The number of fused-ring (bicyclic) bond motifs is 2. The molecular weight excluding hydrogens is 558 g/mol. The fraction of sp³-hybridized carbons (Fsp3) is 0.161. The second-order valence-corrected chi connectivity index (χ2v) is 10.3. The first kappa shape index (κ1) is 29.0. The lowest BCUT2D eigenvalue weighted by Gasteiger charge is -2.07. The molecule has 0 spiro atoms. The summed E-state index contributed by atoms with van der Waals surface area (Å²) in [4.78, 5) is 16.8. The molecule has 4 heterocycles. The lowest BCUT2D eigenvalue weighted by molar-refractivity contribution is 0.657. The third-order valence-corrected chi connectivity index (χ3v) is 7.36. The second-order valence-electron chi connectivity index (χ2n) is 9.86. The van der Waals surface area contributed by atoms with Gasteiger partial charge in [-0.1, -0.05) is 72.9 Å². The molecule has 0 amide bonds. The maximum Gasteiger partial charge on any atom is 0.148 e. The molecule has 0 aliphatic rings. The molecule has 0 radical (unpaired) electrons. The Labute approximate surface area is 253 Å². The van der Waals surface area contributed by atoms with Crippen LogP contribution in [0.1, 0.15) is 28.7 Å². The van der Waals surface area contributed by atoms with Crippen LogP contribution in [-0.4, -0.2) is 34.1 Å². The largest absolute Gasteiger partial charge is 0.389 e. The molecule has 0 atom stereocenters. The van der Waals surface area contributed by atoms with Crippen LogP contribution >= 0.6 is 12.2 Å². The molecule has 6 rings (SSSR count). The topological polar surface area (TPSA) is 189 Å². The van der Waals surface area contributed by atoms with Crippen LogP contribution < -0.4 is 22.9 Å². The second kappa shape index (κ2) is 13.0. The number of benzene rings is 2. The first-order valence-corrected chi connectivity index (χ1v) is 14.0. The smallest absolute Gasteiger partial charge is 0.148 e. The molecule has 0 saturated carbocycles. The number of aromatic nitrogens is 6. The molecule has 8 N–H and O–H groups in total. The van der Waals surface area contributed by atoms with Gasteiger partial charge in [0.25, 0.3) is 0 Å². The summed E-state index contributed by atoms with van der Waals surface area (Å²) in [5.41, 5.74) is 28.6. The van der Waals surface area contributed by atoms with E-state index in [9.17, 15) is 5.26 Å². The third kappa shape index (κ3) is 6.22. The van der Waals surface area contributed by atoms with Crippen molar-refractivity contribution in [2.24, 2.45) is 5.73 Å². The predicted octanol–water partition coefficient (Wildman–Crippen LogP) is 3.99. The highest BCUT2D eigenvalue weighted by molar-refractivity contribution is 7.80. The Balaban J connectivity index is 0.000000171. The maximum absolute atomic E-state index is 9.29. The van der Waals surface area contributed by atoms with Crippen molar-refractivity contribution < 1.29 is 0 Å². The van der Waals surface area contributed by atoms with E-state index in [1.807, 2.05) is 39.6 Å². The van der Waals surface area contributed by atoms with Crippen molar-refractivity contribution in [3.05, 3.63) is 102 Å². The zero-order valence-corrected chi connectivity index (χ0v) is 24.2. The first-order chi connectivity index (χ1) is 20.9. The number of nitrogen functional groups attached to an aromatic ring is 3. The number of nitrogens with zero attached hydrogens (tertiary/aromatic N) is 7. The molecule has 0 bridgehead atoms. The lowest BCUT2D eigenvalue weighted by atomic mass is 10.1. The molecule has 0 aliphatic heterocycles. The van der Waals surface area contributed by atoms with Gasteiger partial charge in [-0.3, -0.25) is 0 Å². The normalized spacial score (nSPS) is 10.8. The first-order valence-electron chi connectivity index (χ1n) is 13.6. The Kier molecular flexibility index (Phi) is 8.74. The van der Waals surface area contributed by atoms with Crippen LogP contribution in [0.25, 0.3) is 22.1 Å². The highest BCUT2D eigenvalue weighted by Crippen LogP contribution is 2.29. The maximum atomic E-state index is 9.29. The van der Waals surface area contributed by atoms with Crippen molar-refractivity contribution in [2.45, 2.75) is 32.4 Å². The summed E-state index contributed by atoms with van der Waals surface area (Å²) in [5, 5.41) is 10.6. The minimum Gasteiger partial charge on any atom is -0.389 e. The van der Waals surface area contributed by atoms with Gasteiger partial charge in [0, 0.05) is 24.8 Å². The van der Waals surface area contributed by atoms with Gasteiger partial charge in [-0.15, -0.1) is 0 Å². The summed E-state index contributed by atoms with van der Waals surface area (Å²) in [6.45, 7) is 1.45. The fourth-order valence-corrected chi connectivity index (χ4v) is 5.19.